The number of amides is 2. The average Bonchev–Trinajstić information content (AvgIpc) is 2.94. The molecule has 4 rings (SSSR count). The summed E-state index contributed by atoms with van der Waals surface area (Å²) in [6.07, 6.45) is 4.40. The molecule has 0 N–H and O–H groups in total. The van der Waals surface area contributed by atoms with Crippen LogP contribution in [0.25, 0.3) is 0 Å². The summed E-state index contributed by atoms with van der Waals surface area (Å²) >= 11 is 0. The van der Waals surface area contributed by atoms with E-state index in [9.17, 15) is 9.59 Å². The second-order valence-electron chi connectivity index (χ2n) is 9.49. The molecule has 0 saturated heterocycles. The Morgan fingerprint density at radius 3 is 2.35 bits per heavy atom. The van der Waals surface area contributed by atoms with Gasteiger partial charge in [-0.15, -0.1) is 0 Å². The summed E-state index contributed by atoms with van der Waals surface area (Å²) in [7, 11) is 3.43. The molecule has 37 heavy (non-hydrogen) atoms. The molecule has 1 aliphatic rings. The summed E-state index contributed by atoms with van der Waals surface area (Å²) in [6, 6.07) is 24.7. The van der Waals surface area contributed by atoms with Crippen LogP contribution in [0.1, 0.15) is 52.0 Å². The number of para-hydroxylation sites is 2. The summed E-state index contributed by atoms with van der Waals surface area (Å²) in [5, 5.41) is 0. The SMILES string of the molecule is COc1ccccc1C(=O)N1CCCCCCN(C)C(=O)c2ccccc2OC[C@H]1Cc1ccccc1. The molecule has 1 aliphatic heterocycles. The van der Waals surface area contributed by atoms with Crippen molar-refractivity contribution < 1.29 is 19.1 Å². The van der Waals surface area contributed by atoms with Crippen LogP contribution < -0.4 is 9.47 Å². The fourth-order valence-corrected chi connectivity index (χ4v) is 4.82. The van der Waals surface area contributed by atoms with Gasteiger partial charge >= 0.3 is 0 Å². The summed E-state index contributed by atoms with van der Waals surface area (Å²) in [5.41, 5.74) is 2.21. The largest absolute Gasteiger partial charge is 0.496 e. The maximum Gasteiger partial charge on any atom is 0.257 e. The zero-order valence-corrected chi connectivity index (χ0v) is 21.8. The number of hydrogen-bond donors (Lipinski definition) is 0. The van der Waals surface area contributed by atoms with E-state index in [1.54, 1.807) is 12.0 Å². The molecule has 194 valence electrons. The lowest BCUT2D eigenvalue weighted by Crippen LogP contribution is -2.46. The molecule has 1 atom stereocenters. The molecule has 0 fully saturated rings. The van der Waals surface area contributed by atoms with Crippen molar-refractivity contribution >= 4 is 11.8 Å². The van der Waals surface area contributed by atoms with Crippen LogP contribution in [-0.2, 0) is 6.42 Å². The van der Waals surface area contributed by atoms with E-state index in [1.165, 1.54) is 0 Å². The molecule has 0 bridgehead atoms. The molecule has 1 heterocycles. The topological polar surface area (TPSA) is 59.1 Å². The zero-order chi connectivity index (χ0) is 26.0. The number of methoxy groups -OCH3 is 1. The van der Waals surface area contributed by atoms with Crippen LogP contribution in [0.2, 0.25) is 0 Å². The van der Waals surface area contributed by atoms with Gasteiger partial charge in [-0.25, -0.2) is 0 Å². The standard InChI is InChI=1S/C31H36N2O4/c1-32-20-12-3-4-13-21-33(31(35)26-16-8-10-18-28(26)36-2)25(22-24-14-6-5-7-15-24)23-37-29-19-11-9-17-27(29)30(32)34/h5-11,14-19,25H,3-4,12-13,20-23H2,1-2H3/t25-/m1/s1. The summed E-state index contributed by atoms with van der Waals surface area (Å²) in [6.45, 7) is 1.58. The van der Waals surface area contributed by atoms with Gasteiger partial charge in [0.25, 0.3) is 11.8 Å². The fourth-order valence-electron chi connectivity index (χ4n) is 4.82. The van der Waals surface area contributed by atoms with E-state index in [0.717, 1.165) is 31.2 Å². The van der Waals surface area contributed by atoms with Gasteiger partial charge in [0.15, 0.2) is 0 Å². The highest BCUT2D eigenvalue weighted by molar-refractivity contribution is 5.97. The smallest absolute Gasteiger partial charge is 0.257 e. The normalized spacial score (nSPS) is 17.4. The Labute approximate surface area is 219 Å². The van der Waals surface area contributed by atoms with Crippen LogP contribution in [0.15, 0.2) is 78.9 Å². The predicted octanol–water partition coefficient (Wildman–Crippen LogP) is 5.47. The number of fused-ring (bicyclic) bond motifs is 1. The van der Waals surface area contributed by atoms with Crippen LogP contribution >= 0.6 is 0 Å². The van der Waals surface area contributed by atoms with Crippen molar-refractivity contribution in [3.05, 3.63) is 95.6 Å². The molecule has 0 spiro atoms. The van der Waals surface area contributed by atoms with E-state index in [4.69, 9.17) is 9.47 Å². The molecule has 6 heteroatoms. The van der Waals surface area contributed by atoms with Crippen LogP contribution in [0.4, 0.5) is 0 Å². The number of nitrogens with zero attached hydrogens (tertiary/aromatic N) is 2. The van der Waals surface area contributed by atoms with Crippen LogP contribution in [-0.4, -0.2) is 61.5 Å². The van der Waals surface area contributed by atoms with Gasteiger partial charge in [0.2, 0.25) is 0 Å². The minimum absolute atomic E-state index is 0.0470. The van der Waals surface area contributed by atoms with E-state index in [1.807, 2.05) is 78.7 Å². The number of hydrogen-bond acceptors (Lipinski definition) is 4. The van der Waals surface area contributed by atoms with Gasteiger partial charge in [-0.2, -0.15) is 0 Å². The van der Waals surface area contributed by atoms with Gasteiger partial charge in [0.05, 0.1) is 24.3 Å². The number of carbonyl (C=O) groups is 2. The summed E-state index contributed by atoms with van der Waals surface area (Å²) < 4.78 is 11.9. The highest BCUT2D eigenvalue weighted by Gasteiger charge is 2.28. The minimum atomic E-state index is -0.233. The Bertz CT molecular complexity index is 1180. The molecule has 3 aromatic carbocycles. The lowest BCUT2D eigenvalue weighted by molar-refractivity contribution is 0.0596. The van der Waals surface area contributed by atoms with Crippen molar-refractivity contribution in [2.75, 3.05) is 33.9 Å². The van der Waals surface area contributed by atoms with Gasteiger partial charge in [-0.3, -0.25) is 9.59 Å². The van der Waals surface area contributed by atoms with Gasteiger partial charge < -0.3 is 19.3 Å². The Balaban J connectivity index is 1.71. The highest BCUT2D eigenvalue weighted by Crippen LogP contribution is 2.25. The van der Waals surface area contributed by atoms with E-state index in [-0.39, 0.29) is 24.5 Å². The van der Waals surface area contributed by atoms with Crippen molar-refractivity contribution in [3.63, 3.8) is 0 Å². The third-order valence-electron chi connectivity index (χ3n) is 6.89. The summed E-state index contributed by atoms with van der Waals surface area (Å²) in [4.78, 5) is 30.9. The first-order chi connectivity index (χ1) is 18.1. The van der Waals surface area contributed by atoms with Crippen molar-refractivity contribution in [1.29, 1.82) is 0 Å². The van der Waals surface area contributed by atoms with Gasteiger partial charge in [0, 0.05) is 20.1 Å². The third kappa shape index (κ3) is 6.70. The van der Waals surface area contributed by atoms with E-state index < -0.39 is 0 Å². The predicted molar refractivity (Wildman–Crippen MR) is 145 cm³/mol. The van der Waals surface area contributed by atoms with Crippen molar-refractivity contribution in [3.8, 4) is 11.5 Å². The van der Waals surface area contributed by atoms with Crippen molar-refractivity contribution in [2.24, 2.45) is 0 Å². The first kappa shape index (κ1) is 26.3. The van der Waals surface area contributed by atoms with Gasteiger partial charge in [-0.05, 0) is 49.1 Å². The fraction of sp³-hybridized carbons (Fsp3) is 0.355. The minimum Gasteiger partial charge on any atom is -0.496 e. The average molecular weight is 501 g/mol. The Hall–Kier alpha value is -3.80. The Morgan fingerprint density at radius 2 is 1.57 bits per heavy atom. The molecule has 2 amide bonds. The molecule has 0 unspecified atom stereocenters. The molecule has 0 aliphatic carbocycles. The zero-order valence-electron chi connectivity index (χ0n) is 21.8. The maximum absolute atomic E-state index is 14.0. The van der Waals surface area contributed by atoms with Gasteiger partial charge in [-0.1, -0.05) is 67.4 Å². The van der Waals surface area contributed by atoms with E-state index in [0.29, 0.717) is 42.1 Å². The van der Waals surface area contributed by atoms with Gasteiger partial charge in [0.1, 0.15) is 18.1 Å². The second-order valence-corrected chi connectivity index (χ2v) is 9.49. The molecule has 0 aromatic heterocycles. The van der Waals surface area contributed by atoms with E-state index >= 15 is 0 Å². The van der Waals surface area contributed by atoms with Crippen LogP contribution in [0, 0.1) is 0 Å². The number of ether oxygens (including phenoxy) is 2. The summed E-state index contributed by atoms with van der Waals surface area (Å²) in [5.74, 6) is 0.983. The first-order valence-electron chi connectivity index (χ1n) is 13.0. The third-order valence-corrected chi connectivity index (χ3v) is 6.89. The molecule has 0 radical (unpaired) electrons. The molecular weight excluding hydrogens is 464 g/mol. The first-order valence-corrected chi connectivity index (χ1v) is 13.0. The van der Waals surface area contributed by atoms with Crippen LogP contribution in [0.5, 0.6) is 11.5 Å². The Kier molecular flexibility index (Phi) is 9.19. The van der Waals surface area contributed by atoms with Crippen molar-refractivity contribution in [1.82, 2.24) is 9.80 Å². The van der Waals surface area contributed by atoms with Crippen molar-refractivity contribution in [2.45, 2.75) is 38.1 Å². The van der Waals surface area contributed by atoms with Crippen LogP contribution in [0.3, 0.4) is 0 Å². The molecular formula is C31H36N2O4. The monoisotopic (exact) mass is 500 g/mol. The number of rotatable bonds is 4. The van der Waals surface area contributed by atoms with E-state index in [2.05, 4.69) is 12.1 Å². The lowest BCUT2D eigenvalue weighted by Gasteiger charge is -2.33. The molecule has 6 nitrogen and oxygen atoms in total. The molecule has 0 saturated carbocycles. The number of benzene rings is 3. The second kappa shape index (κ2) is 12.9. The maximum atomic E-state index is 14.0. The Morgan fingerprint density at radius 1 is 0.892 bits per heavy atom. The highest BCUT2D eigenvalue weighted by atomic mass is 16.5. The lowest BCUT2D eigenvalue weighted by atomic mass is 10.0. The number of carbonyl (C=O) groups excluding carboxylic acids is 2. The molecule has 3 aromatic rings. The quantitative estimate of drug-likeness (QED) is 0.476.